The molecule has 2 aliphatic rings. The van der Waals surface area contributed by atoms with E-state index in [9.17, 15) is 0 Å². The van der Waals surface area contributed by atoms with E-state index in [0.717, 1.165) is 157 Å². The van der Waals surface area contributed by atoms with Crippen molar-refractivity contribution >= 4 is 101 Å². The van der Waals surface area contributed by atoms with E-state index < -0.39 is 0 Å². The van der Waals surface area contributed by atoms with Crippen molar-refractivity contribution in [2.75, 3.05) is 9.80 Å². The first-order valence-corrected chi connectivity index (χ1v) is 38.7. The van der Waals surface area contributed by atoms with Crippen LogP contribution in [0.2, 0.25) is 0 Å². The van der Waals surface area contributed by atoms with Crippen molar-refractivity contribution < 1.29 is 0 Å². The summed E-state index contributed by atoms with van der Waals surface area (Å²) in [5, 5.41) is 4.86. The van der Waals surface area contributed by atoms with E-state index in [1.54, 1.807) is 0 Å². The molecule has 0 fully saturated rings. The number of para-hydroxylation sites is 6. The van der Waals surface area contributed by atoms with E-state index in [1.807, 2.05) is 0 Å². The molecule has 0 unspecified atom stereocenters. The molecule has 0 radical (unpaired) electrons. The molecule has 2 aliphatic heterocycles. The zero-order valence-corrected chi connectivity index (χ0v) is 62.0. The number of aromatic nitrogens is 2. The normalized spacial score (nSPS) is 12.4. The smallest absolute Gasteiger partial charge is 0.252 e. The highest BCUT2D eigenvalue weighted by molar-refractivity contribution is 7.00. The highest BCUT2D eigenvalue weighted by Crippen LogP contribution is 2.57. The molecule has 5 heteroatoms. The summed E-state index contributed by atoms with van der Waals surface area (Å²) in [6.07, 6.45) is 0. The zero-order chi connectivity index (χ0) is 73.8. The van der Waals surface area contributed by atoms with Crippen LogP contribution < -0.4 is 26.2 Å². The van der Waals surface area contributed by atoms with Crippen molar-refractivity contribution in [3.63, 3.8) is 0 Å². The van der Waals surface area contributed by atoms with E-state index >= 15 is 0 Å². The van der Waals surface area contributed by atoms with Crippen molar-refractivity contribution in [1.29, 1.82) is 0 Å². The molecule has 0 saturated heterocycles. The van der Waals surface area contributed by atoms with Gasteiger partial charge in [-0.3, -0.25) is 0 Å². The van der Waals surface area contributed by atoms with Gasteiger partial charge in [-0.1, -0.05) is 360 Å². The number of rotatable bonds is 12. The summed E-state index contributed by atoms with van der Waals surface area (Å²) in [6, 6.07) is 150. The number of anilines is 6. The fourth-order valence-electron chi connectivity index (χ4n) is 18.3. The second-order valence-corrected chi connectivity index (χ2v) is 30.6. The van der Waals surface area contributed by atoms with Gasteiger partial charge in [-0.15, -0.1) is 0 Å². The van der Waals surface area contributed by atoms with E-state index in [0.29, 0.717) is 0 Å². The van der Waals surface area contributed by atoms with Gasteiger partial charge in [0.1, 0.15) is 0 Å². The van der Waals surface area contributed by atoms with Crippen LogP contribution in [0, 0.1) is 0 Å². The van der Waals surface area contributed by atoms with Gasteiger partial charge in [-0.2, -0.15) is 0 Å². The molecule has 21 rings (SSSR count). The lowest BCUT2D eigenvalue weighted by atomic mass is 9.33. The van der Waals surface area contributed by atoms with Crippen LogP contribution >= 0.6 is 0 Å². The Kier molecular flexibility index (Phi) is 15.6. The van der Waals surface area contributed by atoms with Gasteiger partial charge in [0, 0.05) is 77.9 Å². The highest BCUT2D eigenvalue weighted by Gasteiger charge is 2.47. The third kappa shape index (κ3) is 10.7. The lowest BCUT2D eigenvalue weighted by Crippen LogP contribution is -2.61. The molecular formula is C106H75BN4. The molecular weight excluding hydrogens is 1340 g/mol. The molecule has 0 N–H and O–H groups in total. The molecule has 0 spiro atoms. The minimum Gasteiger partial charge on any atom is -0.310 e. The highest BCUT2D eigenvalue weighted by atomic mass is 15.2. The number of fused-ring (bicyclic) bond motifs is 10. The van der Waals surface area contributed by atoms with E-state index in [-0.39, 0.29) is 12.1 Å². The number of hydrogen-bond acceptors (Lipinski definition) is 2. The van der Waals surface area contributed by atoms with Gasteiger partial charge in [-0.25, -0.2) is 0 Å². The first-order valence-electron chi connectivity index (χ1n) is 38.7. The van der Waals surface area contributed by atoms with Crippen LogP contribution in [0.4, 0.5) is 34.1 Å². The average Bonchev–Trinajstić information content (AvgIpc) is 1.12. The van der Waals surface area contributed by atoms with Crippen molar-refractivity contribution in [3.05, 3.63) is 406 Å². The molecule has 4 nitrogen and oxygen atoms in total. The molecule has 0 atom stereocenters. The Hall–Kier alpha value is -14.0. The molecule has 111 heavy (non-hydrogen) atoms. The molecule has 4 heterocycles. The molecule has 522 valence electrons. The summed E-state index contributed by atoms with van der Waals surface area (Å²) >= 11 is 0. The average molecular weight is 1420 g/mol. The predicted molar refractivity (Wildman–Crippen MR) is 471 cm³/mol. The lowest BCUT2D eigenvalue weighted by Gasteiger charge is -2.46. The van der Waals surface area contributed by atoms with Crippen LogP contribution in [-0.4, -0.2) is 15.8 Å². The summed E-state index contributed by atoms with van der Waals surface area (Å²) in [6.45, 7) is 6.91. The topological polar surface area (TPSA) is 16.3 Å². The predicted octanol–water partition coefficient (Wildman–Crippen LogP) is 26.6. The van der Waals surface area contributed by atoms with Gasteiger partial charge in [0.05, 0.1) is 33.4 Å². The van der Waals surface area contributed by atoms with Gasteiger partial charge in [-0.05, 0) is 155 Å². The van der Waals surface area contributed by atoms with E-state index in [4.69, 9.17) is 0 Å². The first-order chi connectivity index (χ1) is 54.8. The molecule has 0 bridgehead atoms. The van der Waals surface area contributed by atoms with Crippen LogP contribution in [0.25, 0.3) is 144 Å². The van der Waals surface area contributed by atoms with Crippen molar-refractivity contribution in [2.45, 2.75) is 26.2 Å². The van der Waals surface area contributed by atoms with Crippen molar-refractivity contribution in [3.8, 4) is 100 Å². The summed E-state index contributed by atoms with van der Waals surface area (Å²) < 4.78 is 5.01. The maximum Gasteiger partial charge on any atom is 0.252 e. The second-order valence-electron chi connectivity index (χ2n) is 30.6. The monoisotopic (exact) mass is 1410 g/mol. The molecule has 0 amide bonds. The number of hydrogen-bond donors (Lipinski definition) is 0. The summed E-state index contributed by atoms with van der Waals surface area (Å²) in [5.74, 6) is 0. The third-order valence-electron chi connectivity index (χ3n) is 23.3. The zero-order valence-electron chi connectivity index (χ0n) is 62.0. The van der Waals surface area contributed by atoms with E-state index in [2.05, 4.69) is 440 Å². The van der Waals surface area contributed by atoms with Crippen LogP contribution in [0.1, 0.15) is 26.3 Å². The summed E-state index contributed by atoms with van der Waals surface area (Å²) in [5.41, 5.74) is 36.1. The van der Waals surface area contributed by atoms with Crippen LogP contribution in [-0.2, 0) is 5.41 Å². The van der Waals surface area contributed by atoms with Gasteiger partial charge >= 0.3 is 0 Å². The maximum absolute atomic E-state index is 2.74. The van der Waals surface area contributed by atoms with Gasteiger partial charge in [0.15, 0.2) is 0 Å². The maximum atomic E-state index is 2.74. The Morgan fingerprint density at radius 1 is 0.216 bits per heavy atom. The quantitative estimate of drug-likeness (QED) is 0.113. The van der Waals surface area contributed by atoms with Crippen LogP contribution in [0.15, 0.2) is 400 Å². The largest absolute Gasteiger partial charge is 0.310 e. The number of nitrogens with zero attached hydrogens (tertiary/aromatic N) is 4. The first kappa shape index (κ1) is 65.3. The van der Waals surface area contributed by atoms with Gasteiger partial charge < -0.3 is 18.9 Å². The Labute approximate surface area is 648 Å². The van der Waals surface area contributed by atoms with Crippen LogP contribution in [0.3, 0.4) is 0 Å². The molecule has 0 aliphatic carbocycles. The summed E-state index contributed by atoms with van der Waals surface area (Å²) in [4.78, 5) is 5.48. The fraction of sp³-hybridized carbons (Fsp3) is 0.0377. The fourth-order valence-corrected chi connectivity index (χ4v) is 18.3. The lowest BCUT2D eigenvalue weighted by molar-refractivity contribution is 0.590. The Morgan fingerprint density at radius 2 is 0.468 bits per heavy atom. The third-order valence-corrected chi connectivity index (χ3v) is 23.3. The van der Waals surface area contributed by atoms with Crippen molar-refractivity contribution in [2.24, 2.45) is 0 Å². The Bertz CT molecular complexity index is 6170. The molecule has 19 aromatic rings. The minimum atomic E-state index is -0.390. The SMILES string of the molecule is CC(C)(C)c1cc2c3c(c1)N(c1c(-c4ccccc4-c4ccccc4)cccc1-c1ccccc1-c1ccccc1)c1cc(-n4c5ccccc5c5ccccc54)ccc1B3c1ccc(-n3c4ccccc4c4ccccc43)cc1N2c1c(-c2ccccc2-c2ccccc2)cccc1-c1ccccc1-c1ccccc1. The van der Waals surface area contributed by atoms with E-state index in [1.165, 1.54) is 43.5 Å². The van der Waals surface area contributed by atoms with Gasteiger partial charge in [0.25, 0.3) is 6.71 Å². The second kappa shape index (κ2) is 26.4. The summed E-state index contributed by atoms with van der Waals surface area (Å²) in [7, 11) is 0. The number of benzene rings is 17. The molecule has 0 saturated carbocycles. The standard InChI is InChI=1S/C106H75BN4/c1-106(2,3)74-66-101-103-102(67-74)111(105-91(83-48-22-18-44-79(83)72-38-12-6-13-39-72)56-33-57-92(105)84-49-23-19-45-80(84)73-40-14-7-15-41-73)100-69-76(109-97-60-30-26-52-87(97)88-53-27-31-61-98(88)109)63-65-94(100)107(103)93-64-62-75(108-95-58-28-24-50-85(95)86-51-25-29-59-96(86)108)68-99(93)110(101)104-89(81-46-20-16-42-77(81)70-34-8-4-9-35-70)54-32-55-90(104)82-47-21-17-43-78(82)71-36-10-5-11-37-71/h4-69H,1-3H3. The van der Waals surface area contributed by atoms with Gasteiger partial charge in [0.2, 0.25) is 0 Å². The Balaban J connectivity index is 0.951. The molecule has 2 aromatic heterocycles. The Morgan fingerprint density at radius 3 is 0.757 bits per heavy atom. The van der Waals surface area contributed by atoms with Crippen molar-refractivity contribution in [1.82, 2.24) is 9.13 Å². The molecule has 17 aromatic carbocycles. The minimum absolute atomic E-state index is 0.298. The van der Waals surface area contributed by atoms with Crippen LogP contribution in [0.5, 0.6) is 0 Å².